The van der Waals surface area contributed by atoms with Gasteiger partial charge in [-0.25, -0.2) is 4.39 Å². The SMILES string of the molecule is Nc1onc(-c2c(F)cccc2Br)c1-c1cccc(Br)c1. The van der Waals surface area contributed by atoms with E-state index >= 15 is 0 Å². The Morgan fingerprint density at radius 1 is 1.05 bits per heavy atom. The van der Waals surface area contributed by atoms with Gasteiger partial charge in [-0.2, -0.15) is 0 Å². The normalized spacial score (nSPS) is 10.8. The standard InChI is InChI=1S/C15H9Br2FN2O/c16-9-4-1-3-8(7-9)12-14(20-21-15(12)19)13-10(17)5-2-6-11(13)18/h1-7H,19H2. The van der Waals surface area contributed by atoms with Crippen LogP contribution in [0.25, 0.3) is 22.4 Å². The molecule has 0 fully saturated rings. The average Bonchev–Trinajstić information content (AvgIpc) is 2.80. The van der Waals surface area contributed by atoms with Crippen LogP contribution in [-0.2, 0) is 0 Å². The zero-order valence-corrected chi connectivity index (χ0v) is 13.8. The zero-order valence-electron chi connectivity index (χ0n) is 10.6. The number of nitrogens with zero attached hydrogens (tertiary/aromatic N) is 1. The molecule has 0 atom stereocenters. The van der Waals surface area contributed by atoms with Gasteiger partial charge in [0.1, 0.15) is 11.5 Å². The molecule has 0 aliphatic rings. The Kier molecular flexibility index (Phi) is 3.82. The Labute approximate surface area is 137 Å². The molecule has 21 heavy (non-hydrogen) atoms. The van der Waals surface area contributed by atoms with Crippen molar-refractivity contribution in [2.75, 3.05) is 5.73 Å². The van der Waals surface area contributed by atoms with E-state index < -0.39 is 5.82 Å². The van der Waals surface area contributed by atoms with Crippen LogP contribution in [0.5, 0.6) is 0 Å². The van der Waals surface area contributed by atoms with Crippen molar-refractivity contribution in [2.45, 2.75) is 0 Å². The fourth-order valence-corrected chi connectivity index (χ4v) is 3.05. The number of halogens is 3. The molecule has 0 saturated heterocycles. The van der Waals surface area contributed by atoms with Crippen LogP contribution in [-0.4, -0.2) is 5.16 Å². The summed E-state index contributed by atoms with van der Waals surface area (Å²) >= 11 is 6.75. The quantitative estimate of drug-likeness (QED) is 0.626. The molecule has 2 aromatic carbocycles. The highest BCUT2D eigenvalue weighted by atomic mass is 79.9. The van der Waals surface area contributed by atoms with E-state index in [-0.39, 0.29) is 5.88 Å². The molecule has 0 saturated carbocycles. The van der Waals surface area contributed by atoms with Crippen molar-refractivity contribution >= 4 is 37.7 Å². The molecule has 3 aromatic rings. The molecule has 0 unspecified atom stereocenters. The van der Waals surface area contributed by atoms with Gasteiger partial charge in [0.15, 0.2) is 0 Å². The Morgan fingerprint density at radius 3 is 2.52 bits per heavy atom. The van der Waals surface area contributed by atoms with Crippen LogP contribution in [0.1, 0.15) is 0 Å². The van der Waals surface area contributed by atoms with Crippen LogP contribution < -0.4 is 5.73 Å². The Hall–Kier alpha value is -1.66. The topological polar surface area (TPSA) is 52.0 Å². The first-order chi connectivity index (χ1) is 10.1. The zero-order chi connectivity index (χ0) is 15.0. The first-order valence-corrected chi connectivity index (χ1v) is 7.62. The van der Waals surface area contributed by atoms with E-state index in [2.05, 4.69) is 37.0 Å². The molecular formula is C15H9Br2FN2O. The van der Waals surface area contributed by atoms with Crippen molar-refractivity contribution in [1.29, 1.82) is 0 Å². The summed E-state index contributed by atoms with van der Waals surface area (Å²) in [5, 5.41) is 3.93. The first kappa shape index (κ1) is 14.3. The molecule has 0 bridgehead atoms. The number of anilines is 1. The maximum absolute atomic E-state index is 14.2. The third-order valence-electron chi connectivity index (χ3n) is 3.03. The Balaban J connectivity index is 2.27. The predicted molar refractivity (Wildman–Crippen MR) is 87.1 cm³/mol. The lowest BCUT2D eigenvalue weighted by molar-refractivity contribution is 0.439. The molecule has 0 amide bonds. The second kappa shape index (κ2) is 5.61. The number of benzene rings is 2. The lowest BCUT2D eigenvalue weighted by Crippen LogP contribution is -1.91. The molecule has 3 nitrogen and oxygen atoms in total. The number of hydrogen-bond donors (Lipinski definition) is 1. The van der Waals surface area contributed by atoms with Crippen molar-refractivity contribution in [2.24, 2.45) is 0 Å². The van der Waals surface area contributed by atoms with Gasteiger partial charge in [-0.15, -0.1) is 0 Å². The Morgan fingerprint density at radius 2 is 1.81 bits per heavy atom. The highest BCUT2D eigenvalue weighted by Crippen LogP contribution is 2.40. The fraction of sp³-hybridized carbons (Fsp3) is 0. The number of aromatic nitrogens is 1. The molecule has 1 aromatic heterocycles. The third-order valence-corrected chi connectivity index (χ3v) is 4.19. The van der Waals surface area contributed by atoms with Crippen molar-refractivity contribution < 1.29 is 8.91 Å². The lowest BCUT2D eigenvalue weighted by Gasteiger charge is -2.06. The molecule has 106 valence electrons. The lowest BCUT2D eigenvalue weighted by atomic mass is 10.0. The summed E-state index contributed by atoms with van der Waals surface area (Å²) in [6.45, 7) is 0. The van der Waals surface area contributed by atoms with Gasteiger partial charge in [-0.3, -0.25) is 0 Å². The molecule has 1 heterocycles. The number of nitrogen functional groups attached to an aromatic ring is 1. The van der Waals surface area contributed by atoms with Crippen molar-refractivity contribution in [1.82, 2.24) is 5.16 Å². The van der Waals surface area contributed by atoms with Gasteiger partial charge >= 0.3 is 0 Å². The predicted octanol–water partition coefficient (Wildman–Crippen LogP) is 5.25. The summed E-state index contributed by atoms with van der Waals surface area (Å²) in [5.74, 6) is -0.243. The minimum Gasteiger partial charge on any atom is -0.367 e. The van der Waals surface area contributed by atoms with Crippen LogP contribution in [0, 0.1) is 5.82 Å². The second-order valence-electron chi connectivity index (χ2n) is 4.38. The molecule has 2 N–H and O–H groups in total. The van der Waals surface area contributed by atoms with Gasteiger partial charge in [-0.05, 0) is 45.8 Å². The highest BCUT2D eigenvalue weighted by Gasteiger charge is 2.22. The maximum atomic E-state index is 14.2. The summed E-state index contributed by atoms with van der Waals surface area (Å²) in [6.07, 6.45) is 0. The molecule has 3 rings (SSSR count). The van der Waals surface area contributed by atoms with Crippen LogP contribution >= 0.6 is 31.9 Å². The van der Waals surface area contributed by atoms with Gasteiger partial charge in [0.2, 0.25) is 5.88 Å². The fourth-order valence-electron chi connectivity index (χ4n) is 2.12. The van der Waals surface area contributed by atoms with Gasteiger partial charge in [-0.1, -0.05) is 39.3 Å². The number of rotatable bonds is 2. The van der Waals surface area contributed by atoms with Crippen LogP contribution in [0.4, 0.5) is 10.3 Å². The maximum Gasteiger partial charge on any atom is 0.230 e. The minimum absolute atomic E-state index is 0.151. The molecule has 0 radical (unpaired) electrons. The van der Waals surface area contributed by atoms with Gasteiger partial charge < -0.3 is 10.3 Å². The third kappa shape index (κ3) is 2.61. The van der Waals surface area contributed by atoms with E-state index in [0.29, 0.717) is 21.3 Å². The summed E-state index contributed by atoms with van der Waals surface area (Å²) in [4.78, 5) is 0. The summed E-state index contributed by atoms with van der Waals surface area (Å²) in [6, 6.07) is 12.2. The monoisotopic (exact) mass is 410 g/mol. The smallest absolute Gasteiger partial charge is 0.230 e. The van der Waals surface area contributed by atoms with Crippen LogP contribution in [0.15, 0.2) is 55.9 Å². The number of hydrogen-bond acceptors (Lipinski definition) is 3. The largest absolute Gasteiger partial charge is 0.367 e. The van der Waals surface area contributed by atoms with E-state index in [0.717, 1.165) is 10.0 Å². The Bertz CT molecular complexity index is 797. The highest BCUT2D eigenvalue weighted by molar-refractivity contribution is 9.10. The van der Waals surface area contributed by atoms with Gasteiger partial charge in [0, 0.05) is 8.95 Å². The summed E-state index contributed by atoms with van der Waals surface area (Å²) in [7, 11) is 0. The average molecular weight is 412 g/mol. The van der Waals surface area contributed by atoms with E-state index in [1.165, 1.54) is 6.07 Å². The van der Waals surface area contributed by atoms with E-state index in [9.17, 15) is 4.39 Å². The molecule has 0 spiro atoms. The molecule has 6 heteroatoms. The summed E-state index contributed by atoms with van der Waals surface area (Å²) < 4.78 is 20.7. The van der Waals surface area contributed by atoms with Crippen molar-refractivity contribution in [3.8, 4) is 22.4 Å². The van der Waals surface area contributed by atoms with E-state index in [4.69, 9.17) is 10.3 Å². The summed E-state index contributed by atoms with van der Waals surface area (Å²) in [5.41, 5.74) is 7.95. The van der Waals surface area contributed by atoms with Crippen molar-refractivity contribution in [3.63, 3.8) is 0 Å². The molecular weight excluding hydrogens is 403 g/mol. The first-order valence-electron chi connectivity index (χ1n) is 6.03. The molecule has 0 aliphatic carbocycles. The van der Waals surface area contributed by atoms with Crippen LogP contribution in [0.3, 0.4) is 0 Å². The van der Waals surface area contributed by atoms with Crippen LogP contribution in [0.2, 0.25) is 0 Å². The van der Waals surface area contributed by atoms with E-state index in [1.807, 2.05) is 24.3 Å². The van der Waals surface area contributed by atoms with Gasteiger partial charge in [0.05, 0.1) is 11.1 Å². The van der Waals surface area contributed by atoms with Crippen molar-refractivity contribution in [3.05, 3.63) is 57.2 Å². The molecule has 0 aliphatic heterocycles. The van der Waals surface area contributed by atoms with Gasteiger partial charge in [0.25, 0.3) is 0 Å². The second-order valence-corrected chi connectivity index (χ2v) is 6.15. The minimum atomic E-state index is -0.395. The van der Waals surface area contributed by atoms with E-state index in [1.54, 1.807) is 12.1 Å². The number of nitrogens with two attached hydrogens (primary N) is 1.